The maximum absolute atomic E-state index is 13.6. The highest BCUT2D eigenvalue weighted by atomic mass is 19.1. The molecule has 0 spiro atoms. The minimum Gasteiger partial charge on any atom is -0.346 e. The number of carbonyl (C=O) groups is 1. The standard InChI is InChI=1S/C13H15F2NO/c1-2-3-12(17)16-13(6-7-13)10-5-4-9(14)8-11(10)15/h4-5,8H,2-3,6-7H2,1H3,(H,16,17). The molecule has 1 aromatic rings. The van der Waals surface area contributed by atoms with Gasteiger partial charge in [0.25, 0.3) is 0 Å². The van der Waals surface area contributed by atoms with Gasteiger partial charge in [-0.1, -0.05) is 13.0 Å². The molecule has 1 aliphatic rings. The van der Waals surface area contributed by atoms with E-state index >= 15 is 0 Å². The van der Waals surface area contributed by atoms with Crippen molar-refractivity contribution in [3.05, 3.63) is 35.4 Å². The van der Waals surface area contributed by atoms with Crippen molar-refractivity contribution in [2.45, 2.75) is 38.1 Å². The lowest BCUT2D eigenvalue weighted by molar-refractivity contribution is -0.122. The molecule has 17 heavy (non-hydrogen) atoms. The summed E-state index contributed by atoms with van der Waals surface area (Å²) in [5.74, 6) is -1.25. The Balaban J connectivity index is 2.18. The number of halogens is 2. The topological polar surface area (TPSA) is 29.1 Å². The Morgan fingerprint density at radius 1 is 1.41 bits per heavy atom. The van der Waals surface area contributed by atoms with Crippen molar-refractivity contribution in [1.29, 1.82) is 0 Å². The Labute approximate surface area is 99.0 Å². The lowest BCUT2D eigenvalue weighted by Crippen LogP contribution is -2.35. The van der Waals surface area contributed by atoms with Crippen LogP contribution in [0.15, 0.2) is 18.2 Å². The molecule has 1 aromatic carbocycles. The molecular formula is C13H15F2NO. The second kappa shape index (κ2) is 4.43. The summed E-state index contributed by atoms with van der Waals surface area (Å²) >= 11 is 0. The number of amides is 1. The molecule has 0 saturated heterocycles. The van der Waals surface area contributed by atoms with Crippen molar-refractivity contribution in [1.82, 2.24) is 5.32 Å². The summed E-state index contributed by atoms with van der Waals surface area (Å²) in [5.41, 5.74) is -0.201. The molecule has 1 fully saturated rings. The molecule has 2 rings (SSSR count). The van der Waals surface area contributed by atoms with E-state index in [0.29, 0.717) is 24.8 Å². The molecule has 0 atom stereocenters. The van der Waals surface area contributed by atoms with Crippen LogP contribution < -0.4 is 5.32 Å². The van der Waals surface area contributed by atoms with Crippen LogP contribution in [0.4, 0.5) is 8.78 Å². The molecular weight excluding hydrogens is 224 g/mol. The van der Waals surface area contributed by atoms with Crippen molar-refractivity contribution in [2.24, 2.45) is 0 Å². The Kier molecular flexibility index (Phi) is 3.13. The fraction of sp³-hybridized carbons (Fsp3) is 0.462. The largest absolute Gasteiger partial charge is 0.346 e. The van der Waals surface area contributed by atoms with Crippen LogP contribution in [0.1, 0.15) is 38.2 Å². The summed E-state index contributed by atoms with van der Waals surface area (Å²) in [6.07, 6.45) is 2.62. The lowest BCUT2D eigenvalue weighted by atomic mass is 10.0. The van der Waals surface area contributed by atoms with Crippen LogP contribution in [0.5, 0.6) is 0 Å². The minimum atomic E-state index is -0.595. The normalized spacial score (nSPS) is 16.6. The van der Waals surface area contributed by atoms with E-state index in [1.807, 2.05) is 6.92 Å². The van der Waals surface area contributed by atoms with Crippen molar-refractivity contribution in [3.63, 3.8) is 0 Å². The Morgan fingerprint density at radius 3 is 2.65 bits per heavy atom. The van der Waals surface area contributed by atoms with E-state index < -0.39 is 17.2 Å². The van der Waals surface area contributed by atoms with Crippen molar-refractivity contribution < 1.29 is 13.6 Å². The van der Waals surface area contributed by atoms with Gasteiger partial charge in [-0.2, -0.15) is 0 Å². The van der Waals surface area contributed by atoms with Gasteiger partial charge in [-0.25, -0.2) is 8.78 Å². The van der Waals surface area contributed by atoms with Gasteiger partial charge >= 0.3 is 0 Å². The summed E-state index contributed by atoms with van der Waals surface area (Å²) < 4.78 is 26.4. The second-order valence-electron chi connectivity index (χ2n) is 4.50. The zero-order valence-corrected chi connectivity index (χ0v) is 9.72. The fourth-order valence-electron chi connectivity index (χ4n) is 2.02. The van der Waals surface area contributed by atoms with Crippen LogP contribution in [0.2, 0.25) is 0 Å². The number of carbonyl (C=O) groups excluding carboxylic acids is 1. The predicted octanol–water partition coefficient (Wildman–Crippen LogP) is 2.87. The Hall–Kier alpha value is -1.45. The van der Waals surface area contributed by atoms with Gasteiger partial charge in [0.05, 0.1) is 5.54 Å². The molecule has 1 saturated carbocycles. The third kappa shape index (κ3) is 2.46. The molecule has 4 heteroatoms. The highest BCUT2D eigenvalue weighted by Gasteiger charge is 2.47. The molecule has 0 aliphatic heterocycles. The average Bonchev–Trinajstić information content (AvgIpc) is 2.98. The van der Waals surface area contributed by atoms with E-state index in [9.17, 15) is 13.6 Å². The molecule has 1 amide bonds. The van der Waals surface area contributed by atoms with Gasteiger partial charge in [-0.3, -0.25) is 4.79 Å². The molecule has 0 aromatic heterocycles. The molecule has 92 valence electrons. The fourth-order valence-corrected chi connectivity index (χ4v) is 2.02. The molecule has 0 radical (unpaired) electrons. The Morgan fingerprint density at radius 2 is 2.12 bits per heavy atom. The first-order chi connectivity index (χ1) is 8.07. The first-order valence-corrected chi connectivity index (χ1v) is 5.84. The molecule has 0 bridgehead atoms. The first-order valence-electron chi connectivity index (χ1n) is 5.84. The van der Waals surface area contributed by atoms with Crippen LogP contribution >= 0.6 is 0 Å². The van der Waals surface area contributed by atoms with Gasteiger partial charge in [0, 0.05) is 18.1 Å². The number of hydrogen-bond donors (Lipinski definition) is 1. The van der Waals surface area contributed by atoms with Crippen LogP contribution in [0.25, 0.3) is 0 Å². The maximum Gasteiger partial charge on any atom is 0.220 e. The maximum atomic E-state index is 13.6. The molecule has 0 heterocycles. The predicted molar refractivity (Wildman–Crippen MR) is 60.3 cm³/mol. The SMILES string of the molecule is CCCC(=O)NC1(c2ccc(F)cc2F)CC1. The van der Waals surface area contributed by atoms with E-state index in [4.69, 9.17) is 0 Å². The van der Waals surface area contributed by atoms with Crippen LogP contribution in [-0.2, 0) is 10.3 Å². The monoisotopic (exact) mass is 239 g/mol. The van der Waals surface area contributed by atoms with Crippen molar-refractivity contribution >= 4 is 5.91 Å². The second-order valence-corrected chi connectivity index (χ2v) is 4.50. The molecule has 2 nitrogen and oxygen atoms in total. The third-order valence-electron chi connectivity index (χ3n) is 3.05. The summed E-state index contributed by atoms with van der Waals surface area (Å²) in [7, 11) is 0. The highest BCUT2D eigenvalue weighted by Crippen LogP contribution is 2.46. The van der Waals surface area contributed by atoms with E-state index in [-0.39, 0.29) is 5.91 Å². The number of rotatable bonds is 4. The minimum absolute atomic E-state index is 0.0753. The van der Waals surface area contributed by atoms with Gasteiger partial charge in [-0.15, -0.1) is 0 Å². The van der Waals surface area contributed by atoms with Gasteiger partial charge in [0.2, 0.25) is 5.91 Å². The highest BCUT2D eigenvalue weighted by molar-refractivity contribution is 5.77. The van der Waals surface area contributed by atoms with Crippen LogP contribution in [-0.4, -0.2) is 5.91 Å². The quantitative estimate of drug-likeness (QED) is 0.860. The summed E-state index contributed by atoms with van der Waals surface area (Å²) in [4.78, 5) is 11.5. The van der Waals surface area contributed by atoms with Gasteiger partial charge in [0.15, 0.2) is 0 Å². The third-order valence-corrected chi connectivity index (χ3v) is 3.05. The summed E-state index contributed by atoms with van der Waals surface area (Å²) in [6, 6.07) is 3.51. The molecule has 1 aliphatic carbocycles. The summed E-state index contributed by atoms with van der Waals surface area (Å²) in [5, 5.41) is 2.84. The van der Waals surface area contributed by atoms with Gasteiger partial charge in [0.1, 0.15) is 11.6 Å². The van der Waals surface area contributed by atoms with Crippen LogP contribution in [0, 0.1) is 11.6 Å². The van der Waals surface area contributed by atoms with Gasteiger partial charge in [-0.05, 0) is 25.3 Å². The van der Waals surface area contributed by atoms with E-state index in [1.54, 1.807) is 0 Å². The first kappa shape index (κ1) is 12.0. The number of hydrogen-bond acceptors (Lipinski definition) is 1. The summed E-state index contributed by atoms with van der Waals surface area (Å²) in [6.45, 7) is 1.91. The Bertz CT molecular complexity index is 441. The van der Waals surface area contributed by atoms with E-state index in [1.165, 1.54) is 12.1 Å². The van der Waals surface area contributed by atoms with Crippen LogP contribution in [0.3, 0.4) is 0 Å². The zero-order valence-electron chi connectivity index (χ0n) is 9.72. The van der Waals surface area contributed by atoms with E-state index in [0.717, 1.165) is 12.5 Å². The molecule has 1 N–H and O–H groups in total. The smallest absolute Gasteiger partial charge is 0.220 e. The molecule has 0 unspecified atom stereocenters. The zero-order chi connectivity index (χ0) is 12.5. The van der Waals surface area contributed by atoms with Crippen molar-refractivity contribution in [2.75, 3.05) is 0 Å². The van der Waals surface area contributed by atoms with Crippen molar-refractivity contribution in [3.8, 4) is 0 Å². The number of benzene rings is 1. The van der Waals surface area contributed by atoms with E-state index in [2.05, 4.69) is 5.32 Å². The lowest BCUT2D eigenvalue weighted by Gasteiger charge is -2.18. The number of nitrogens with one attached hydrogen (secondary N) is 1. The average molecular weight is 239 g/mol. The van der Waals surface area contributed by atoms with Gasteiger partial charge < -0.3 is 5.32 Å².